The highest BCUT2D eigenvalue weighted by atomic mass is 19.3. The number of aliphatic hydroxyl groups excluding tert-OH is 1. The number of ether oxygens (including phenoxy) is 1. The standard InChI is InChI=1S/C14H14F2O3/c15-14(16)12(9-17)7-13(14,8-12)11(18)19-6-10-4-2-1-3-5-10/h1-5,17H,6-9H2. The highest BCUT2D eigenvalue weighted by Gasteiger charge is 2.91. The van der Waals surface area contributed by atoms with E-state index in [0.717, 1.165) is 5.56 Å². The molecule has 0 amide bonds. The fraction of sp³-hybridized carbons (Fsp3) is 0.500. The van der Waals surface area contributed by atoms with Gasteiger partial charge in [0.2, 0.25) is 0 Å². The monoisotopic (exact) mass is 268 g/mol. The smallest absolute Gasteiger partial charge is 0.318 e. The van der Waals surface area contributed by atoms with Crippen molar-refractivity contribution in [3.05, 3.63) is 35.9 Å². The molecule has 1 N–H and O–H groups in total. The van der Waals surface area contributed by atoms with Crippen molar-refractivity contribution in [2.24, 2.45) is 10.8 Å². The van der Waals surface area contributed by atoms with Gasteiger partial charge in [-0.1, -0.05) is 30.3 Å². The summed E-state index contributed by atoms with van der Waals surface area (Å²) >= 11 is 0. The van der Waals surface area contributed by atoms with Gasteiger partial charge in [0.15, 0.2) is 0 Å². The molecule has 1 aromatic rings. The first-order valence-corrected chi connectivity index (χ1v) is 6.17. The molecule has 5 heteroatoms. The third kappa shape index (κ3) is 1.36. The van der Waals surface area contributed by atoms with Crippen molar-refractivity contribution in [1.82, 2.24) is 0 Å². The normalized spacial score (nSPS) is 34.1. The first-order valence-electron chi connectivity index (χ1n) is 6.17. The Labute approximate surface area is 109 Å². The van der Waals surface area contributed by atoms with Crippen molar-refractivity contribution in [3.8, 4) is 0 Å². The molecule has 3 fully saturated rings. The molecule has 0 unspecified atom stereocenters. The minimum atomic E-state index is -3.14. The minimum Gasteiger partial charge on any atom is -0.460 e. The van der Waals surface area contributed by atoms with E-state index in [1.54, 1.807) is 24.3 Å². The van der Waals surface area contributed by atoms with Gasteiger partial charge in [-0.25, -0.2) is 8.78 Å². The Morgan fingerprint density at radius 3 is 2.42 bits per heavy atom. The first-order chi connectivity index (χ1) is 8.97. The number of rotatable bonds is 4. The fourth-order valence-electron chi connectivity index (χ4n) is 3.19. The minimum absolute atomic E-state index is 0.00360. The summed E-state index contributed by atoms with van der Waals surface area (Å²) in [6.07, 6.45) is 0.0498. The maximum atomic E-state index is 13.8. The van der Waals surface area contributed by atoms with Gasteiger partial charge in [0, 0.05) is 0 Å². The molecule has 0 aliphatic heterocycles. The summed E-state index contributed by atoms with van der Waals surface area (Å²) in [6.45, 7) is -0.572. The van der Waals surface area contributed by atoms with E-state index >= 15 is 0 Å². The van der Waals surface area contributed by atoms with Gasteiger partial charge in [-0.05, 0) is 18.4 Å². The summed E-state index contributed by atoms with van der Waals surface area (Å²) in [4.78, 5) is 11.8. The van der Waals surface area contributed by atoms with Crippen molar-refractivity contribution < 1.29 is 23.4 Å². The van der Waals surface area contributed by atoms with Crippen LogP contribution in [0.15, 0.2) is 30.3 Å². The Bertz CT molecular complexity index is 507. The van der Waals surface area contributed by atoms with Crippen LogP contribution in [0.5, 0.6) is 0 Å². The summed E-state index contributed by atoms with van der Waals surface area (Å²) in [5.41, 5.74) is -2.30. The van der Waals surface area contributed by atoms with Crippen LogP contribution in [0.25, 0.3) is 0 Å². The van der Waals surface area contributed by atoms with Gasteiger partial charge in [0.1, 0.15) is 12.0 Å². The van der Waals surface area contributed by atoms with Crippen LogP contribution < -0.4 is 0 Å². The lowest BCUT2D eigenvalue weighted by atomic mass is 9.32. The molecule has 4 rings (SSSR count). The van der Waals surface area contributed by atoms with Crippen molar-refractivity contribution in [2.75, 3.05) is 6.61 Å². The van der Waals surface area contributed by atoms with Crippen LogP contribution in [0.4, 0.5) is 8.78 Å². The number of halogens is 2. The van der Waals surface area contributed by atoms with Gasteiger partial charge in [-0.3, -0.25) is 4.79 Å². The van der Waals surface area contributed by atoms with Gasteiger partial charge in [-0.2, -0.15) is 0 Å². The molecule has 0 spiro atoms. The molecule has 0 heterocycles. The Balaban J connectivity index is 1.64. The van der Waals surface area contributed by atoms with Crippen LogP contribution in [0.2, 0.25) is 0 Å². The van der Waals surface area contributed by atoms with E-state index in [0.29, 0.717) is 0 Å². The molecule has 0 saturated heterocycles. The van der Waals surface area contributed by atoms with Gasteiger partial charge < -0.3 is 9.84 Å². The predicted octanol–water partition coefficient (Wildman–Crippen LogP) is 2.14. The third-order valence-electron chi connectivity index (χ3n) is 4.45. The Hall–Kier alpha value is -1.49. The average molecular weight is 268 g/mol. The number of carbonyl (C=O) groups excluding carboxylic acids is 1. The van der Waals surface area contributed by atoms with E-state index < -0.39 is 29.3 Å². The number of benzene rings is 1. The highest BCUT2D eigenvalue weighted by Crippen LogP contribution is 2.81. The van der Waals surface area contributed by atoms with Crippen LogP contribution in [-0.4, -0.2) is 23.6 Å². The van der Waals surface area contributed by atoms with Crippen LogP contribution in [0.1, 0.15) is 18.4 Å². The summed E-state index contributed by atoms with van der Waals surface area (Å²) < 4.78 is 32.6. The zero-order chi connectivity index (χ0) is 13.7. The van der Waals surface area contributed by atoms with Gasteiger partial charge in [0.25, 0.3) is 5.92 Å². The number of esters is 1. The van der Waals surface area contributed by atoms with Crippen LogP contribution in [0, 0.1) is 10.8 Å². The molecule has 0 aromatic heterocycles. The number of aliphatic hydroxyl groups is 1. The quantitative estimate of drug-likeness (QED) is 0.851. The van der Waals surface area contributed by atoms with Gasteiger partial charge in [-0.15, -0.1) is 0 Å². The lowest BCUT2D eigenvalue weighted by molar-refractivity contribution is -0.406. The number of alkyl halides is 2. The predicted molar refractivity (Wildman–Crippen MR) is 62.4 cm³/mol. The molecule has 0 atom stereocenters. The highest BCUT2D eigenvalue weighted by molar-refractivity contribution is 5.83. The van der Waals surface area contributed by atoms with E-state index in [9.17, 15) is 13.6 Å². The second kappa shape index (κ2) is 3.76. The summed E-state index contributed by atoms with van der Waals surface area (Å²) in [7, 11) is 0. The lowest BCUT2D eigenvalue weighted by Crippen LogP contribution is -2.83. The molecule has 2 bridgehead atoms. The molecule has 3 nitrogen and oxygen atoms in total. The van der Waals surface area contributed by atoms with E-state index in [2.05, 4.69) is 0 Å². The van der Waals surface area contributed by atoms with Gasteiger partial charge in [0.05, 0.1) is 12.0 Å². The Kier molecular flexibility index (Phi) is 2.48. The Morgan fingerprint density at radius 2 is 1.89 bits per heavy atom. The third-order valence-corrected chi connectivity index (χ3v) is 4.45. The fourth-order valence-corrected chi connectivity index (χ4v) is 3.19. The van der Waals surface area contributed by atoms with E-state index in [1.807, 2.05) is 6.07 Å². The number of hydrogen-bond acceptors (Lipinski definition) is 3. The maximum absolute atomic E-state index is 13.8. The lowest BCUT2D eigenvalue weighted by Gasteiger charge is -2.72. The van der Waals surface area contributed by atoms with Crippen LogP contribution >= 0.6 is 0 Å². The molecular weight excluding hydrogens is 254 g/mol. The van der Waals surface area contributed by atoms with Crippen LogP contribution in [-0.2, 0) is 16.1 Å². The SMILES string of the molecule is O=C(OCc1ccccc1)C12CC(CO)(C1)C2(F)F. The van der Waals surface area contributed by atoms with E-state index in [4.69, 9.17) is 9.84 Å². The van der Waals surface area contributed by atoms with Crippen molar-refractivity contribution in [3.63, 3.8) is 0 Å². The molecule has 0 radical (unpaired) electrons. The zero-order valence-electron chi connectivity index (χ0n) is 10.2. The topological polar surface area (TPSA) is 46.5 Å². The second-order valence-corrected chi connectivity index (χ2v) is 5.51. The molecule has 19 heavy (non-hydrogen) atoms. The van der Waals surface area contributed by atoms with Crippen molar-refractivity contribution in [1.29, 1.82) is 0 Å². The summed E-state index contributed by atoms with van der Waals surface area (Å²) in [5.74, 6) is -3.99. The summed E-state index contributed by atoms with van der Waals surface area (Å²) in [6, 6.07) is 8.94. The molecule has 1 aromatic carbocycles. The maximum Gasteiger partial charge on any atom is 0.318 e. The van der Waals surface area contributed by atoms with Crippen molar-refractivity contribution >= 4 is 5.97 Å². The molecule has 102 valence electrons. The second-order valence-electron chi connectivity index (χ2n) is 5.51. The zero-order valence-corrected chi connectivity index (χ0v) is 10.2. The number of carbonyl (C=O) groups is 1. The number of hydrogen-bond donors (Lipinski definition) is 1. The van der Waals surface area contributed by atoms with Gasteiger partial charge >= 0.3 is 5.97 Å². The van der Waals surface area contributed by atoms with Crippen molar-refractivity contribution in [2.45, 2.75) is 25.4 Å². The average Bonchev–Trinajstić information content (AvgIpc) is 2.36. The largest absolute Gasteiger partial charge is 0.460 e. The van der Waals surface area contributed by atoms with E-state index in [-0.39, 0.29) is 19.4 Å². The van der Waals surface area contributed by atoms with Crippen LogP contribution in [0.3, 0.4) is 0 Å². The first kappa shape index (κ1) is 12.5. The summed E-state index contributed by atoms with van der Waals surface area (Å²) in [5, 5.41) is 8.99. The molecule has 3 aliphatic rings. The molecule has 3 saturated carbocycles. The Morgan fingerprint density at radius 1 is 1.26 bits per heavy atom. The van der Waals surface area contributed by atoms with E-state index in [1.165, 1.54) is 0 Å². The molecular formula is C14H14F2O3. The molecule has 3 aliphatic carbocycles.